The number of hydrogen-bond acceptors (Lipinski definition) is 2. The molecule has 0 aromatic heterocycles. The Labute approximate surface area is 152 Å². The minimum Gasteiger partial charge on any atom is -0.272 e. The summed E-state index contributed by atoms with van der Waals surface area (Å²) in [5.41, 5.74) is 2.97. The van der Waals surface area contributed by atoms with Crippen molar-refractivity contribution in [1.82, 2.24) is 0 Å². The van der Waals surface area contributed by atoms with Gasteiger partial charge in [0.1, 0.15) is 0 Å². The Morgan fingerprint density at radius 2 is 0.923 bits per heavy atom. The van der Waals surface area contributed by atoms with E-state index in [2.05, 4.69) is 9.98 Å². The van der Waals surface area contributed by atoms with E-state index in [0.717, 1.165) is 11.1 Å². The van der Waals surface area contributed by atoms with Crippen LogP contribution in [0.3, 0.4) is 0 Å². The highest BCUT2D eigenvalue weighted by Gasteiger charge is 2.07. The van der Waals surface area contributed by atoms with Crippen LogP contribution in [-0.4, -0.2) is 23.2 Å². The van der Waals surface area contributed by atoms with E-state index in [9.17, 15) is 9.59 Å². The Kier molecular flexibility index (Phi) is 5.78. The monoisotopic (exact) mass is 342 g/mol. The molecule has 0 saturated carbocycles. The first-order valence-electron chi connectivity index (χ1n) is 8.36. The second-order valence-electron chi connectivity index (χ2n) is 5.85. The number of amides is 2. The summed E-state index contributed by atoms with van der Waals surface area (Å²) in [5.74, 6) is -0.415. The lowest BCUT2D eigenvalue weighted by atomic mass is 10.1. The molecule has 0 N–H and O–H groups in total. The van der Waals surface area contributed by atoms with Gasteiger partial charge in [0.25, 0.3) is 11.8 Å². The van der Waals surface area contributed by atoms with Crippen LogP contribution in [0, 0.1) is 0 Å². The normalized spacial score (nSPS) is 12.8. The van der Waals surface area contributed by atoms with Crippen molar-refractivity contribution in [2.45, 2.75) is 12.8 Å². The lowest BCUT2D eigenvalue weighted by Gasteiger charge is -2.03. The molecule has 0 saturated heterocycles. The molecule has 128 valence electrons. The van der Waals surface area contributed by atoms with Gasteiger partial charge in [-0.05, 0) is 35.4 Å². The number of rotatable bonds is 4. The molecule has 2 aromatic rings. The molecule has 26 heavy (non-hydrogen) atoms. The molecular weight excluding hydrogens is 324 g/mol. The van der Waals surface area contributed by atoms with Gasteiger partial charge in [-0.3, -0.25) is 9.59 Å². The zero-order valence-corrected chi connectivity index (χ0v) is 14.2. The Morgan fingerprint density at radius 1 is 0.577 bits per heavy atom. The number of benzene rings is 2. The maximum atomic E-state index is 12.0. The van der Waals surface area contributed by atoms with Crippen molar-refractivity contribution in [2.75, 3.05) is 0 Å². The quantitative estimate of drug-likeness (QED) is 0.798. The van der Waals surface area contributed by atoms with E-state index in [1.807, 2.05) is 60.7 Å². The van der Waals surface area contributed by atoms with Crippen molar-refractivity contribution < 1.29 is 9.59 Å². The summed E-state index contributed by atoms with van der Waals surface area (Å²) in [5, 5.41) is 0. The minimum absolute atomic E-state index is 0.207. The zero-order chi connectivity index (χ0) is 18.2. The topological polar surface area (TPSA) is 58.9 Å². The van der Waals surface area contributed by atoms with Gasteiger partial charge in [0.15, 0.2) is 0 Å². The highest BCUT2D eigenvalue weighted by molar-refractivity contribution is 6.22. The highest BCUT2D eigenvalue weighted by atomic mass is 16.1. The third kappa shape index (κ3) is 5.31. The number of hydrogen-bond donors (Lipinski definition) is 0. The van der Waals surface area contributed by atoms with E-state index in [0.29, 0.717) is 11.4 Å². The first kappa shape index (κ1) is 17.4. The lowest BCUT2D eigenvalue weighted by molar-refractivity contribution is -0.118. The molecule has 0 spiro atoms. The SMILES string of the molecule is O=C(Cc1ccccc1)N=C1C=CC(=NC(=O)Cc2ccccc2)C=C1. The fourth-order valence-electron chi connectivity index (χ4n) is 2.51. The molecule has 2 amide bonds. The summed E-state index contributed by atoms with van der Waals surface area (Å²) < 4.78 is 0. The predicted octanol–water partition coefficient (Wildman–Crippen LogP) is 3.53. The molecule has 3 rings (SSSR count). The fraction of sp³-hybridized carbons (Fsp3) is 0.0909. The summed E-state index contributed by atoms with van der Waals surface area (Å²) in [4.78, 5) is 32.2. The summed E-state index contributed by atoms with van der Waals surface area (Å²) in [7, 11) is 0. The number of carbonyl (C=O) groups excluding carboxylic acids is 2. The first-order valence-corrected chi connectivity index (χ1v) is 8.36. The van der Waals surface area contributed by atoms with Crippen LogP contribution >= 0.6 is 0 Å². The van der Waals surface area contributed by atoms with Crippen LogP contribution in [0.2, 0.25) is 0 Å². The van der Waals surface area contributed by atoms with Crippen LogP contribution in [0.25, 0.3) is 0 Å². The Morgan fingerprint density at radius 3 is 1.27 bits per heavy atom. The average Bonchev–Trinajstić information content (AvgIpc) is 2.65. The van der Waals surface area contributed by atoms with Gasteiger partial charge in [0.05, 0.1) is 24.3 Å². The van der Waals surface area contributed by atoms with Crippen LogP contribution in [0.1, 0.15) is 11.1 Å². The molecule has 0 radical (unpaired) electrons. The zero-order valence-electron chi connectivity index (χ0n) is 14.2. The average molecular weight is 342 g/mol. The Bertz CT molecular complexity index is 814. The van der Waals surface area contributed by atoms with Crippen LogP contribution in [0.4, 0.5) is 0 Å². The first-order chi connectivity index (χ1) is 12.7. The van der Waals surface area contributed by atoms with Crippen LogP contribution < -0.4 is 0 Å². The van der Waals surface area contributed by atoms with Gasteiger partial charge < -0.3 is 0 Å². The van der Waals surface area contributed by atoms with Crippen molar-refractivity contribution in [1.29, 1.82) is 0 Å². The van der Waals surface area contributed by atoms with E-state index in [-0.39, 0.29) is 24.7 Å². The smallest absolute Gasteiger partial charge is 0.250 e. The fourth-order valence-corrected chi connectivity index (χ4v) is 2.51. The van der Waals surface area contributed by atoms with E-state index >= 15 is 0 Å². The van der Waals surface area contributed by atoms with Gasteiger partial charge in [0, 0.05) is 0 Å². The molecule has 0 heterocycles. The minimum atomic E-state index is -0.207. The molecule has 4 nitrogen and oxygen atoms in total. The van der Waals surface area contributed by atoms with Gasteiger partial charge in [-0.25, -0.2) is 9.98 Å². The molecule has 0 aliphatic heterocycles. The van der Waals surface area contributed by atoms with Crippen LogP contribution in [0.5, 0.6) is 0 Å². The molecule has 0 fully saturated rings. The largest absolute Gasteiger partial charge is 0.272 e. The third-order valence-electron chi connectivity index (χ3n) is 3.75. The molecular formula is C22H18N2O2. The molecule has 0 bridgehead atoms. The maximum Gasteiger partial charge on any atom is 0.250 e. The molecule has 4 heteroatoms. The van der Waals surface area contributed by atoms with Gasteiger partial charge in [0.2, 0.25) is 0 Å². The van der Waals surface area contributed by atoms with Crippen molar-refractivity contribution in [2.24, 2.45) is 9.98 Å². The molecule has 0 atom stereocenters. The maximum absolute atomic E-state index is 12.0. The standard InChI is InChI=1S/C22H18N2O2/c25-21(15-17-7-3-1-4-8-17)23-19-11-13-20(14-12-19)24-22(26)16-18-9-5-2-6-10-18/h1-14H,15-16H2. The number of nitrogens with zero attached hydrogens (tertiary/aromatic N) is 2. The van der Waals surface area contributed by atoms with Gasteiger partial charge in [-0.15, -0.1) is 0 Å². The van der Waals surface area contributed by atoms with E-state index in [4.69, 9.17) is 0 Å². The number of aliphatic imine (C=N–C) groups is 2. The summed E-state index contributed by atoms with van der Waals surface area (Å²) in [6, 6.07) is 19.0. The van der Waals surface area contributed by atoms with E-state index in [1.165, 1.54) is 0 Å². The predicted molar refractivity (Wildman–Crippen MR) is 103 cm³/mol. The van der Waals surface area contributed by atoms with Crippen molar-refractivity contribution in [3.05, 3.63) is 96.1 Å². The van der Waals surface area contributed by atoms with Gasteiger partial charge in [-0.2, -0.15) is 0 Å². The molecule has 1 aliphatic carbocycles. The van der Waals surface area contributed by atoms with Crippen molar-refractivity contribution in [3.63, 3.8) is 0 Å². The second kappa shape index (κ2) is 8.62. The Balaban J connectivity index is 1.58. The second-order valence-corrected chi connectivity index (χ2v) is 5.85. The Hall–Kier alpha value is -3.40. The van der Waals surface area contributed by atoms with Crippen molar-refractivity contribution >= 4 is 23.2 Å². The van der Waals surface area contributed by atoms with Gasteiger partial charge >= 0.3 is 0 Å². The van der Waals surface area contributed by atoms with Crippen LogP contribution in [0.15, 0.2) is 95.0 Å². The van der Waals surface area contributed by atoms with Crippen LogP contribution in [-0.2, 0) is 22.4 Å². The van der Waals surface area contributed by atoms with Crippen molar-refractivity contribution in [3.8, 4) is 0 Å². The van der Waals surface area contributed by atoms with E-state index < -0.39 is 0 Å². The molecule has 1 aliphatic rings. The lowest BCUT2D eigenvalue weighted by Crippen LogP contribution is -2.08. The summed E-state index contributed by atoms with van der Waals surface area (Å²) in [6.07, 6.45) is 7.30. The summed E-state index contributed by atoms with van der Waals surface area (Å²) >= 11 is 0. The highest BCUT2D eigenvalue weighted by Crippen LogP contribution is 2.05. The molecule has 0 unspecified atom stereocenters. The number of allylic oxidation sites excluding steroid dienone is 4. The third-order valence-corrected chi connectivity index (χ3v) is 3.75. The number of carbonyl (C=O) groups is 2. The van der Waals surface area contributed by atoms with Gasteiger partial charge in [-0.1, -0.05) is 60.7 Å². The molecule has 2 aromatic carbocycles. The van der Waals surface area contributed by atoms with E-state index in [1.54, 1.807) is 24.3 Å². The summed E-state index contributed by atoms with van der Waals surface area (Å²) in [6.45, 7) is 0.